The number of carbonyl (C=O) groups excluding carboxylic acids is 1. The van der Waals surface area contributed by atoms with Gasteiger partial charge < -0.3 is 14.6 Å². The predicted octanol–water partition coefficient (Wildman–Crippen LogP) is 4.67. The summed E-state index contributed by atoms with van der Waals surface area (Å²) in [7, 11) is 0. The molecule has 0 radical (unpaired) electrons. The number of para-hydroxylation sites is 2. The quantitative estimate of drug-likeness (QED) is 0.672. The van der Waals surface area contributed by atoms with Crippen molar-refractivity contribution in [1.82, 2.24) is 10.3 Å². The summed E-state index contributed by atoms with van der Waals surface area (Å²) in [6.07, 6.45) is 6.48. The first kappa shape index (κ1) is 19.2. The van der Waals surface area contributed by atoms with Gasteiger partial charge in [-0.15, -0.1) is 0 Å². The van der Waals surface area contributed by atoms with Crippen molar-refractivity contribution in [1.29, 1.82) is 0 Å². The number of piperidine rings is 1. The molecule has 30 heavy (non-hydrogen) atoms. The highest BCUT2D eigenvalue weighted by Gasteiger charge is 2.36. The van der Waals surface area contributed by atoms with Gasteiger partial charge in [-0.05, 0) is 43.4 Å². The molecule has 1 aliphatic heterocycles. The van der Waals surface area contributed by atoms with E-state index in [-0.39, 0.29) is 17.2 Å². The van der Waals surface area contributed by atoms with Gasteiger partial charge in [0.05, 0.1) is 0 Å². The number of rotatable bonds is 5. The van der Waals surface area contributed by atoms with E-state index in [2.05, 4.69) is 45.5 Å². The maximum Gasteiger partial charge on any atom is 0.298 e. The van der Waals surface area contributed by atoms with Crippen molar-refractivity contribution in [2.24, 2.45) is 5.92 Å². The van der Waals surface area contributed by atoms with Gasteiger partial charge in [-0.2, -0.15) is 4.98 Å². The Labute approximate surface area is 177 Å². The molecule has 5 nitrogen and oxygen atoms in total. The number of nitrogens with one attached hydrogen (secondary N) is 1. The number of aromatic nitrogens is 1. The summed E-state index contributed by atoms with van der Waals surface area (Å²) < 4.78 is 5.89. The van der Waals surface area contributed by atoms with Crippen molar-refractivity contribution in [3.63, 3.8) is 0 Å². The molecule has 2 heterocycles. The molecular weight excluding hydrogens is 374 g/mol. The summed E-state index contributed by atoms with van der Waals surface area (Å²) in [5, 5.41) is 3.31. The topological polar surface area (TPSA) is 58.4 Å². The van der Waals surface area contributed by atoms with Crippen LogP contribution < -0.4 is 10.2 Å². The minimum atomic E-state index is 0.0693. The standard InChI is InChI=1S/C25H29N3O2/c29-23(26-18-25(14-6-7-15-25)20-8-2-1-3-9-20)19-12-16-28(17-13-19)24-27-21-10-4-5-11-22(21)30-24/h1-5,8-11,19H,6-7,12-18H2,(H,26,29). The van der Waals surface area contributed by atoms with Gasteiger partial charge in [0.1, 0.15) is 5.52 Å². The van der Waals surface area contributed by atoms with Crippen LogP contribution in [0, 0.1) is 5.92 Å². The SMILES string of the molecule is O=C(NCC1(c2ccccc2)CCCC1)C1CCN(c2nc3ccccc3o2)CC1. The maximum atomic E-state index is 12.9. The van der Waals surface area contributed by atoms with E-state index in [1.54, 1.807) is 0 Å². The van der Waals surface area contributed by atoms with Crippen LogP contribution in [0.1, 0.15) is 44.1 Å². The molecule has 3 aromatic rings. The molecule has 0 atom stereocenters. The number of nitrogens with zero attached hydrogens (tertiary/aromatic N) is 2. The van der Waals surface area contributed by atoms with Crippen LogP contribution in [0.4, 0.5) is 6.01 Å². The van der Waals surface area contributed by atoms with Crippen LogP contribution in [0.2, 0.25) is 0 Å². The molecule has 1 aromatic heterocycles. The highest BCUT2D eigenvalue weighted by Crippen LogP contribution is 2.40. The molecule has 0 spiro atoms. The van der Waals surface area contributed by atoms with Crippen molar-refractivity contribution < 1.29 is 9.21 Å². The molecule has 156 valence electrons. The number of amides is 1. The third kappa shape index (κ3) is 3.69. The lowest BCUT2D eigenvalue weighted by molar-refractivity contribution is -0.125. The second-order valence-corrected chi connectivity index (χ2v) is 8.80. The molecule has 1 amide bonds. The lowest BCUT2D eigenvalue weighted by Crippen LogP contribution is -2.44. The Kier molecular flexibility index (Phi) is 5.19. The molecule has 5 rings (SSSR count). The van der Waals surface area contributed by atoms with Crippen LogP contribution in [0.3, 0.4) is 0 Å². The smallest absolute Gasteiger partial charge is 0.298 e. The minimum absolute atomic E-state index is 0.0693. The Morgan fingerprint density at radius 1 is 1.03 bits per heavy atom. The van der Waals surface area contributed by atoms with Crippen molar-refractivity contribution in [3.8, 4) is 0 Å². The van der Waals surface area contributed by atoms with Gasteiger partial charge in [-0.3, -0.25) is 4.79 Å². The van der Waals surface area contributed by atoms with E-state index in [9.17, 15) is 4.79 Å². The fraction of sp³-hybridized carbons (Fsp3) is 0.440. The van der Waals surface area contributed by atoms with Crippen LogP contribution in [-0.4, -0.2) is 30.5 Å². The Bertz CT molecular complexity index is 966. The Morgan fingerprint density at radius 2 is 1.73 bits per heavy atom. The van der Waals surface area contributed by atoms with Gasteiger partial charge in [0.25, 0.3) is 6.01 Å². The number of carbonyl (C=O) groups is 1. The Hall–Kier alpha value is -2.82. The van der Waals surface area contributed by atoms with Crippen LogP contribution in [0.25, 0.3) is 11.1 Å². The van der Waals surface area contributed by atoms with E-state index >= 15 is 0 Å². The molecule has 5 heteroatoms. The zero-order chi connectivity index (χ0) is 20.4. The average molecular weight is 404 g/mol. The number of hydrogen-bond acceptors (Lipinski definition) is 4. The van der Waals surface area contributed by atoms with E-state index in [4.69, 9.17) is 4.42 Å². The highest BCUT2D eigenvalue weighted by atomic mass is 16.4. The molecular formula is C25H29N3O2. The lowest BCUT2D eigenvalue weighted by atomic mass is 9.78. The zero-order valence-electron chi connectivity index (χ0n) is 17.3. The first-order chi connectivity index (χ1) is 14.7. The largest absolute Gasteiger partial charge is 0.423 e. The van der Waals surface area contributed by atoms with Crippen molar-refractivity contribution in [2.45, 2.75) is 43.9 Å². The molecule has 1 aliphatic carbocycles. The first-order valence-corrected chi connectivity index (χ1v) is 11.2. The second-order valence-electron chi connectivity index (χ2n) is 8.80. The summed E-state index contributed by atoms with van der Waals surface area (Å²) in [5.74, 6) is 0.272. The van der Waals surface area contributed by atoms with Gasteiger partial charge in [-0.25, -0.2) is 0 Å². The van der Waals surface area contributed by atoms with Crippen molar-refractivity contribution in [2.75, 3.05) is 24.5 Å². The van der Waals surface area contributed by atoms with E-state index in [1.807, 2.05) is 24.3 Å². The number of anilines is 1. The minimum Gasteiger partial charge on any atom is -0.423 e. The van der Waals surface area contributed by atoms with Gasteiger partial charge in [0.2, 0.25) is 5.91 Å². The number of oxazole rings is 1. The third-order valence-electron chi connectivity index (χ3n) is 6.97. The maximum absolute atomic E-state index is 12.9. The van der Waals surface area contributed by atoms with Crippen LogP contribution >= 0.6 is 0 Å². The van der Waals surface area contributed by atoms with Crippen LogP contribution in [-0.2, 0) is 10.2 Å². The summed E-state index contributed by atoms with van der Waals surface area (Å²) >= 11 is 0. The van der Waals surface area contributed by atoms with Crippen molar-refractivity contribution in [3.05, 3.63) is 60.2 Å². The third-order valence-corrected chi connectivity index (χ3v) is 6.97. The summed E-state index contributed by atoms with van der Waals surface area (Å²) in [5.41, 5.74) is 3.18. The fourth-order valence-electron chi connectivity index (χ4n) is 5.14. The van der Waals surface area contributed by atoms with Gasteiger partial charge in [0.15, 0.2) is 5.58 Å². The summed E-state index contributed by atoms with van der Waals surface area (Å²) in [4.78, 5) is 19.7. The number of hydrogen-bond donors (Lipinski definition) is 1. The molecule has 1 saturated heterocycles. The Balaban J connectivity index is 1.19. The van der Waals surface area contributed by atoms with Crippen molar-refractivity contribution >= 4 is 23.0 Å². The summed E-state index contributed by atoms with van der Waals surface area (Å²) in [6.45, 7) is 2.35. The average Bonchev–Trinajstić information content (AvgIpc) is 3.46. The van der Waals surface area contributed by atoms with Gasteiger partial charge in [0, 0.05) is 31.0 Å². The lowest BCUT2D eigenvalue weighted by Gasteiger charge is -2.33. The monoisotopic (exact) mass is 403 g/mol. The van der Waals surface area contributed by atoms with Crippen LogP contribution in [0.5, 0.6) is 0 Å². The van der Waals surface area contributed by atoms with Gasteiger partial charge >= 0.3 is 0 Å². The highest BCUT2D eigenvalue weighted by molar-refractivity contribution is 5.79. The fourth-order valence-corrected chi connectivity index (χ4v) is 5.14. The number of benzene rings is 2. The molecule has 2 aliphatic rings. The molecule has 0 bridgehead atoms. The van der Waals surface area contributed by atoms with Crippen LogP contribution in [0.15, 0.2) is 59.0 Å². The molecule has 2 aromatic carbocycles. The van der Waals surface area contributed by atoms with E-state index in [0.717, 1.165) is 56.4 Å². The molecule has 0 unspecified atom stereocenters. The van der Waals surface area contributed by atoms with Gasteiger partial charge in [-0.1, -0.05) is 55.3 Å². The van der Waals surface area contributed by atoms with E-state index in [1.165, 1.54) is 18.4 Å². The molecule has 2 fully saturated rings. The molecule has 1 saturated carbocycles. The van der Waals surface area contributed by atoms with E-state index in [0.29, 0.717) is 6.01 Å². The summed E-state index contributed by atoms with van der Waals surface area (Å²) in [6, 6.07) is 19.2. The second kappa shape index (κ2) is 8.13. The zero-order valence-corrected chi connectivity index (χ0v) is 17.3. The normalized spacial score (nSPS) is 19.3. The number of fused-ring (bicyclic) bond motifs is 1. The first-order valence-electron chi connectivity index (χ1n) is 11.2. The van der Waals surface area contributed by atoms with E-state index < -0.39 is 0 Å². The predicted molar refractivity (Wildman–Crippen MR) is 119 cm³/mol. The Morgan fingerprint density at radius 3 is 2.47 bits per heavy atom. The molecule has 1 N–H and O–H groups in total.